The Labute approximate surface area is 142 Å². The van der Waals surface area contributed by atoms with E-state index in [1.165, 1.54) is 50.6 Å². The molecule has 4 aliphatic rings. The van der Waals surface area contributed by atoms with Crippen LogP contribution in [-0.4, -0.2) is 27.0 Å². The highest BCUT2D eigenvalue weighted by Crippen LogP contribution is 2.55. The minimum absolute atomic E-state index is 0.214. The van der Waals surface area contributed by atoms with Crippen LogP contribution in [0.15, 0.2) is 29.2 Å². The lowest BCUT2D eigenvalue weighted by Gasteiger charge is -2.56. The number of methoxy groups -OCH3 is 1. The molecule has 130 valence electrons. The van der Waals surface area contributed by atoms with Gasteiger partial charge in [-0.3, -0.25) is 0 Å². The van der Waals surface area contributed by atoms with Gasteiger partial charge >= 0.3 is 5.97 Å². The van der Waals surface area contributed by atoms with Crippen molar-refractivity contribution >= 4 is 16.0 Å². The Hall–Kier alpha value is -1.40. The van der Waals surface area contributed by atoms with Gasteiger partial charge in [0.2, 0.25) is 10.0 Å². The fourth-order valence-electron chi connectivity index (χ4n) is 5.47. The molecule has 0 saturated heterocycles. The Morgan fingerprint density at radius 2 is 1.54 bits per heavy atom. The Morgan fingerprint density at radius 3 is 2.00 bits per heavy atom. The molecule has 1 aromatic rings. The third-order valence-electron chi connectivity index (χ3n) is 5.97. The fourth-order valence-corrected chi connectivity index (χ4v) is 6.90. The maximum absolute atomic E-state index is 12.8. The van der Waals surface area contributed by atoms with Crippen molar-refractivity contribution in [2.75, 3.05) is 7.11 Å². The van der Waals surface area contributed by atoms with Crippen LogP contribution in [0.3, 0.4) is 0 Å². The van der Waals surface area contributed by atoms with E-state index in [1.54, 1.807) is 0 Å². The van der Waals surface area contributed by atoms with E-state index >= 15 is 0 Å². The summed E-state index contributed by atoms with van der Waals surface area (Å²) in [5.74, 6) is 1.58. The summed E-state index contributed by atoms with van der Waals surface area (Å²) in [5, 5.41) is 0. The highest BCUT2D eigenvalue weighted by Gasteiger charge is 2.52. The summed E-state index contributed by atoms with van der Waals surface area (Å²) in [5.41, 5.74) is 0.0977. The van der Waals surface area contributed by atoms with Gasteiger partial charge in [-0.05, 0) is 80.5 Å². The van der Waals surface area contributed by atoms with Gasteiger partial charge in [0.25, 0.3) is 0 Å². The molecular formula is C18H23NO4S. The molecule has 24 heavy (non-hydrogen) atoms. The van der Waals surface area contributed by atoms with Crippen molar-refractivity contribution < 1.29 is 17.9 Å². The van der Waals surface area contributed by atoms with Crippen molar-refractivity contribution in [3.63, 3.8) is 0 Å². The molecule has 4 saturated carbocycles. The van der Waals surface area contributed by atoms with Crippen LogP contribution in [0.25, 0.3) is 0 Å². The number of hydrogen-bond acceptors (Lipinski definition) is 4. The van der Waals surface area contributed by atoms with Crippen LogP contribution in [-0.2, 0) is 14.8 Å². The van der Waals surface area contributed by atoms with Crippen molar-refractivity contribution in [2.24, 2.45) is 17.8 Å². The summed E-state index contributed by atoms with van der Waals surface area (Å²) in [6.07, 6.45) is 6.73. The highest BCUT2D eigenvalue weighted by atomic mass is 32.2. The molecule has 0 radical (unpaired) electrons. The van der Waals surface area contributed by atoms with E-state index in [0.29, 0.717) is 23.3 Å². The molecule has 1 N–H and O–H groups in total. The van der Waals surface area contributed by atoms with Crippen molar-refractivity contribution in [1.82, 2.24) is 4.72 Å². The molecule has 0 atom stereocenters. The summed E-state index contributed by atoms with van der Waals surface area (Å²) in [4.78, 5) is 11.7. The second kappa shape index (κ2) is 5.56. The highest BCUT2D eigenvalue weighted by molar-refractivity contribution is 7.89. The number of ether oxygens (including phenoxy) is 1. The molecule has 5 nitrogen and oxygen atoms in total. The number of carbonyl (C=O) groups is 1. The minimum atomic E-state index is -3.57. The number of nitrogens with one attached hydrogen (secondary N) is 1. The molecule has 5 rings (SSSR count). The van der Waals surface area contributed by atoms with Gasteiger partial charge in [0, 0.05) is 5.54 Å². The first-order chi connectivity index (χ1) is 11.4. The maximum atomic E-state index is 12.8. The molecule has 0 aliphatic heterocycles. The lowest BCUT2D eigenvalue weighted by molar-refractivity contribution is -0.00810. The average Bonchev–Trinajstić information content (AvgIpc) is 2.52. The summed E-state index contributed by atoms with van der Waals surface area (Å²) < 4.78 is 33.4. The Balaban J connectivity index is 1.56. The van der Waals surface area contributed by atoms with Gasteiger partial charge in [-0.15, -0.1) is 0 Å². The van der Waals surface area contributed by atoms with Gasteiger partial charge in [0.15, 0.2) is 0 Å². The second-order valence-corrected chi connectivity index (χ2v) is 9.50. The molecular weight excluding hydrogens is 326 g/mol. The van der Waals surface area contributed by atoms with E-state index in [0.717, 1.165) is 19.3 Å². The van der Waals surface area contributed by atoms with Gasteiger partial charge in [-0.2, -0.15) is 0 Å². The number of carbonyl (C=O) groups excluding carboxylic acids is 1. The summed E-state index contributed by atoms with van der Waals surface area (Å²) in [6.45, 7) is 0. The predicted octanol–water partition coefficient (Wildman–Crippen LogP) is 2.72. The van der Waals surface area contributed by atoms with Gasteiger partial charge in [0.1, 0.15) is 0 Å². The number of esters is 1. The fraction of sp³-hybridized carbons (Fsp3) is 0.611. The van der Waals surface area contributed by atoms with E-state index in [4.69, 9.17) is 0 Å². The normalized spacial score (nSPS) is 34.3. The number of hydrogen-bond donors (Lipinski definition) is 1. The van der Waals surface area contributed by atoms with Crippen molar-refractivity contribution in [2.45, 2.75) is 49.0 Å². The third-order valence-corrected chi connectivity index (χ3v) is 7.57. The van der Waals surface area contributed by atoms with E-state index in [-0.39, 0.29) is 10.4 Å². The third kappa shape index (κ3) is 2.75. The molecule has 4 bridgehead atoms. The van der Waals surface area contributed by atoms with Crippen molar-refractivity contribution in [3.8, 4) is 0 Å². The molecule has 0 spiro atoms. The molecule has 0 amide bonds. The molecule has 0 heterocycles. The van der Waals surface area contributed by atoms with Crippen molar-refractivity contribution in [1.29, 1.82) is 0 Å². The number of sulfonamides is 1. The van der Waals surface area contributed by atoms with Gasteiger partial charge in [-0.25, -0.2) is 17.9 Å². The Morgan fingerprint density at radius 1 is 1.04 bits per heavy atom. The zero-order chi connectivity index (χ0) is 16.9. The molecule has 6 heteroatoms. The van der Waals surface area contributed by atoms with Crippen LogP contribution in [0, 0.1) is 17.8 Å². The molecule has 0 unspecified atom stereocenters. The smallest absolute Gasteiger partial charge is 0.337 e. The lowest BCUT2D eigenvalue weighted by Crippen LogP contribution is -2.59. The van der Waals surface area contributed by atoms with Gasteiger partial charge in [0.05, 0.1) is 17.6 Å². The van der Waals surface area contributed by atoms with Crippen LogP contribution in [0.5, 0.6) is 0 Å². The van der Waals surface area contributed by atoms with E-state index in [9.17, 15) is 13.2 Å². The monoisotopic (exact) mass is 349 g/mol. The zero-order valence-corrected chi connectivity index (χ0v) is 14.6. The van der Waals surface area contributed by atoms with Crippen LogP contribution in [0.1, 0.15) is 48.9 Å². The standard InChI is InChI=1S/C18H23NO4S/c1-23-17(20)15-2-4-16(5-3-15)24(21,22)19-18-9-12-6-13(10-18)8-14(7-12)11-18/h2-5,12-14,19H,6-11H2,1H3. The maximum Gasteiger partial charge on any atom is 0.337 e. The first-order valence-electron chi connectivity index (χ1n) is 8.61. The zero-order valence-electron chi connectivity index (χ0n) is 13.8. The SMILES string of the molecule is COC(=O)c1ccc(S(=O)(=O)NC23CC4CC(CC(C4)C2)C3)cc1. The van der Waals surface area contributed by atoms with E-state index in [2.05, 4.69) is 9.46 Å². The lowest BCUT2D eigenvalue weighted by atomic mass is 9.53. The average molecular weight is 349 g/mol. The predicted molar refractivity (Wildman–Crippen MR) is 89.0 cm³/mol. The first kappa shape index (κ1) is 16.1. The van der Waals surface area contributed by atoms with E-state index in [1.807, 2.05) is 0 Å². The molecule has 1 aromatic carbocycles. The molecule has 4 fully saturated rings. The topological polar surface area (TPSA) is 72.5 Å². The minimum Gasteiger partial charge on any atom is -0.465 e. The summed E-state index contributed by atoms with van der Waals surface area (Å²) in [6, 6.07) is 5.96. The Bertz CT molecular complexity index is 718. The van der Waals surface area contributed by atoms with E-state index < -0.39 is 16.0 Å². The van der Waals surface area contributed by atoms with Crippen LogP contribution >= 0.6 is 0 Å². The Kier molecular flexibility index (Phi) is 3.73. The summed E-state index contributed by atoms with van der Waals surface area (Å²) >= 11 is 0. The second-order valence-electron chi connectivity index (χ2n) is 7.82. The summed E-state index contributed by atoms with van der Waals surface area (Å²) in [7, 11) is -2.27. The van der Waals surface area contributed by atoms with Gasteiger partial charge < -0.3 is 4.74 Å². The first-order valence-corrected chi connectivity index (χ1v) is 10.1. The number of rotatable bonds is 4. The quantitative estimate of drug-likeness (QED) is 0.849. The van der Waals surface area contributed by atoms with Crippen LogP contribution < -0.4 is 4.72 Å². The van der Waals surface area contributed by atoms with Crippen molar-refractivity contribution in [3.05, 3.63) is 29.8 Å². The van der Waals surface area contributed by atoms with Crippen LogP contribution in [0.2, 0.25) is 0 Å². The molecule has 0 aromatic heterocycles. The largest absolute Gasteiger partial charge is 0.465 e. The van der Waals surface area contributed by atoms with Gasteiger partial charge in [-0.1, -0.05) is 0 Å². The molecule has 4 aliphatic carbocycles. The number of benzene rings is 1. The van der Waals surface area contributed by atoms with Crippen LogP contribution in [0.4, 0.5) is 0 Å².